The number of nitrogens with one attached hydrogen (secondary N) is 2. The molecule has 0 atom stereocenters. The van der Waals surface area contributed by atoms with Crippen molar-refractivity contribution in [2.45, 2.75) is 18.7 Å². The first-order valence-corrected chi connectivity index (χ1v) is 12.0. The number of amides is 1. The number of aryl methyl sites for hydroxylation is 3. The number of sulfonamides is 1. The molecule has 0 spiro atoms. The van der Waals surface area contributed by atoms with Crippen molar-refractivity contribution in [3.63, 3.8) is 0 Å². The summed E-state index contributed by atoms with van der Waals surface area (Å²) in [5.41, 5.74) is 3.42. The summed E-state index contributed by atoms with van der Waals surface area (Å²) < 4.78 is 30.8. The minimum atomic E-state index is -3.89. The monoisotopic (exact) mass is 467 g/mol. The molecule has 0 aliphatic rings. The maximum Gasteiger partial charge on any atom is 0.307 e. The average Bonchev–Trinajstić information content (AvgIpc) is 3.01. The van der Waals surface area contributed by atoms with Crippen LogP contribution >= 0.6 is 11.3 Å². The standard InChI is InChI=1S/C23H21N3O4S2/c1-14-5-4-6-18(11-14)25-32(29,30)21-12-16(8-7-15(21)2)22(27)24-17-9-10-19-20(13-17)31-23(28)26(19)3/h4-13,25H,1-3H3,(H,24,27). The largest absolute Gasteiger partial charge is 0.322 e. The number of nitrogens with zero attached hydrogens (tertiary/aromatic N) is 1. The quantitative estimate of drug-likeness (QED) is 0.458. The van der Waals surface area contributed by atoms with Gasteiger partial charge in [-0.15, -0.1) is 0 Å². The predicted molar refractivity (Wildman–Crippen MR) is 128 cm³/mol. The summed E-state index contributed by atoms with van der Waals surface area (Å²) in [6.07, 6.45) is 0. The van der Waals surface area contributed by atoms with Gasteiger partial charge in [0, 0.05) is 24.0 Å². The van der Waals surface area contributed by atoms with E-state index in [1.54, 1.807) is 67.1 Å². The molecule has 1 heterocycles. The molecule has 0 saturated carbocycles. The molecule has 0 unspecified atom stereocenters. The van der Waals surface area contributed by atoms with E-state index in [0.717, 1.165) is 27.1 Å². The van der Waals surface area contributed by atoms with Crippen LogP contribution in [0.1, 0.15) is 21.5 Å². The number of thiazole rings is 1. The van der Waals surface area contributed by atoms with Crippen LogP contribution in [-0.2, 0) is 17.1 Å². The van der Waals surface area contributed by atoms with Crippen LogP contribution in [0.4, 0.5) is 11.4 Å². The highest BCUT2D eigenvalue weighted by Gasteiger charge is 2.20. The second kappa shape index (κ2) is 8.25. The lowest BCUT2D eigenvalue weighted by molar-refractivity contribution is 0.102. The average molecular weight is 468 g/mol. The molecule has 4 aromatic rings. The molecule has 0 radical (unpaired) electrons. The molecule has 3 aromatic carbocycles. The van der Waals surface area contributed by atoms with Gasteiger partial charge in [0.25, 0.3) is 15.9 Å². The van der Waals surface area contributed by atoms with Crippen LogP contribution in [0.3, 0.4) is 0 Å². The molecule has 9 heteroatoms. The van der Waals surface area contributed by atoms with Crippen LogP contribution in [0.5, 0.6) is 0 Å². The highest BCUT2D eigenvalue weighted by molar-refractivity contribution is 7.92. The molecule has 1 aromatic heterocycles. The number of carbonyl (C=O) groups excluding carboxylic acids is 1. The van der Waals surface area contributed by atoms with E-state index < -0.39 is 15.9 Å². The molecular weight excluding hydrogens is 446 g/mol. The van der Waals surface area contributed by atoms with E-state index in [2.05, 4.69) is 10.0 Å². The number of hydrogen-bond donors (Lipinski definition) is 2. The van der Waals surface area contributed by atoms with Gasteiger partial charge in [0.1, 0.15) is 0 Å². The Morgan fingerprint density at radius 2 is 1.75 bits per heavy atom. The number of anilines is 2. The third-order valence-corrected chi connectivity index (χ3v) is 7.58. The number of hydrogen-bond acceptors (Lipinski definition) is 5. The Morgan fingerprint density at radius 1 is 0.969 bits per heavy atom. The lowest BCUT2D eigenvalue weighted by Gasteiger charge is -2.13. The first-order chi connectivity index (χ1) is 15.1. The van der Waals surface area contributed by atoms with E-state index in [-0.39, 0.29) is 15.3 Å². The van der Waals surface area contributed by atoms with Crippen molar-refractivity contribution >= 4 is 48.9 Å². The fourth-order valence-electron chi connectivity index (χ4n) is 3.36. The van der Waals surface area contributed by atoms with E-state index in [1.807, 2.05) is 13.0 Å². The molecular formula is C23H21N3O4S2. The van der Waals surface area contributed by atoms with Gasteiger partial charge >= 0.3 is 4.87 Å². The van der Waals surface area contributed by atoms with Crippen molar-refractivity contribution in [1.82, 2.24) is 4.57 Å². The van der Waals surface area contributed by atoms with Gasteiger partial charge in [0.2, 0.25) is 0 Å². The summed E-state index contributed by atoms with van der Waals surface area (Å²) in [6.45, 7) is 3.55. The minimum absolute atomic E-state index is 0.0309. The lowest BCUT2D eigenvalue weighted by Crippen LogP contribution is -2.17. The molecule has 0 bridgehead atoms. The summed E-state index contributed by atoms with van der Waals surface area (Å²) in [4.78, 5) is 24.6. The van der Waals surface area contributed by atoms with Gasteiger partial charge in [-0.3, -0.25) is 14.3 Å². The second-order valence-electron chi connectivity index (χ2n) is 7.52. The summed E-state index contributed by atoms with van der Waals surface area (Å²) in [7, 11) is -2.19. The van der Waals surface area contributed by atoms with Crippen molar-refractivity contribution < 1.29 is 13.2 Å². The number of benzene rings is 3. The van der Waals surface area contributed by atoms with E-state index in [9.17, 15) is 18.0 Å². The normalized spacial score (nSPS) is 11.5. The molecule has 0 saturated heterocycles. The molecule has 0 fully saturated rings. The zero-order chi connectivity index (χ0) is 23.0. The molecule has 32 heavy (non-hydrogen) atoms. The van der Waals surface area contributed by atoms with Crippen molar-refractivity contribution in [3.05, 3.63) is 87.0 Å². The Kier molecular flexibility index (Phi) is 5.62. The molecule has 4 rings (SSSR count). The highest BCUT2D eigenvalue weighted by Crippen LogP contribution is 2.24. The summed E-state index contributed by atoms with van der Waals surface area (Å²) in [5, 5.41) is 2.78. The SMILES string of the molecule is Cc1cccc(NS(=O)(=O)c2cc(C(=O)Nc3ccc4c(c3)sc(=O)n4C)ccc2C)c1. The van der Waals surface area contributed by atoms with Gasteiger partial charge in [-0.1, -0.05) is 29.5 Å². The third-order valence-electron chi connectivity index (χ3n) is 5.06. The molecule has 2 N–H and O–H groups in total. The topological polar surface area (TPSA) is 97.3 Å². The molecule has 7 nitrogen and oxygen atoms in total. The maximum absolute atomic E-state index is 13.0. The van der Waals surface area contributed by atoms with Gasteiger partial charge in [-0.25, -0.2) is 8.42 Å². The smallest absolute Gasteiger partial charge is 0.307 e. The van der Waals surface area contributed by atoms with Crippen molar-refractivity contribution in [2.75, 3.05) is 10.0 Å². The van der Waals surface area contributed by atoms with Crippen LogP contribution in [0.2, 0.25) is 0 Å². The first-order valence-electron chi connectivity index (χ1n) is 9.75. The molecule has 0 aliphatic carbocycles. The van der Waals surface area contributed by atoms with Crippen molar-refractivity contribution in [2.24, 2.45) is 7.05 Å². The van der Waals surface area contributed by atoms with E-state index in [0.29, 0.717) is 16.9 Å². The Labute approximate surface area is 189 Å². The van der Waals surface area contributed by atoms with Gasteiger partial charge in [-0.2, -0.15) is 0 Å². The zero-order valence-corrected chi connectivity index (χ0v) is 19.3. The Morgan fingerprint density at radius 3 is 2.50 bits per heavy atom. The van der Waals surface area contributed by atoms with Gasteiger partial charge in [0.15, 0.2) is 0 Å². The molecule has 164 valence electrons. The fraction of sp³-hybridized carbons (Fsp3) is 0.130. The Balaban J connectivity index is 1.61. The molecule has 0 aliphatic heterocycles. The number of carbonyl (C=O) groups is 1. The molecule has 1 amide bonds. The second-order valence-corrected chi connectivity index (χ2v) is 10.2. The van der Waals surface area contributed by atoms with Crippen LogP contribution < -0.4 is 14.9 Å². The Bertz CT molecular complexity index is 1520. The minimum Gasteiger partial charge on any atom is -0.322 e. The summed E-state index contributed by atoms with van der Waals surface area (Å²) >= 11 is 1.09. The van der Waals surface area contributed by atoms with Crippen LogP contribution in [0, 0.1) is 13.8 Å². The van der Waals surface area contributed by atoms with Gasteiger partial charge in [0.05, 0.1) is 15.1 Å². The number of fused-ring (bicyclic) bond motifs is 1. The van der Waals surface area contributed by atoms with Crippen LogP contribution in [0.25, 0.3) is 10.2 Å². The van der Waals surface area contributed by atoms with Crippen molar-refractivity contribution in [1.29, 1.82) is 0 Å². The van der Waals surface area contributed by atoms with E-state index in [4.69, 9.17) is 0 Å². The fourth-order valence-corrected chi connectivity index (χ4v) is 5.60. The summed E-state index contributed by atoms with van der Waals surface area (Å²) in [5.74, 6) is -0.445. The number of aromatic nitrogens is 1. The maximum atomic E-state index is 13.0. The highest BCUT2D eigenvalue weighted by atomic mass is 32.2. The lowest BCUT2D eigenvalue weighted by atomic mass is 10.1. The van der Waals surface area contributed by atoms with Gasteiger partial charge < -0.3 is 9.88 Å². The van der Waals surface area contributed by atoms with Crippen LogP contribution in [0.15, 0.2) is 70.4 Å². The van der Waals surface area contributed by atoms with Crippen molar-refractivity contribution in [3.8, 4) is 0 Å². The number of rotatable bonds is 5. The van der Waals surface area contributed by atoms with E-state index in [1.165, 1.54) is 6.07 Å². The summed E-state index contributed by atoms with van der Waals surface area (Å²) in [6, 6.07) is 16.8. The predicted octanol–water partition coefficient (Wildman–Crippen LogP) is 4.27. The van der Waals surface area contributed by atoms with E-state index >= 15 is 0 Å². The third kappa shape index (κ3) is 4.30. The first kappa shape index (κ1) is 21.8. The van der Waals surface area contributed by atoms with Gasteiger partial charge in [-0.05, 0) is 67.4 Å². The van der Waals surface area contributed by atoms with Crippen LogP contribution in [-0.4, -0.2) is 18.9 Å². The Hall–Kier alpha value is -3.43. The zero-order valence-electron chi connectivity index (χ0n) is 17.7.